The summed E-state index contributed by atoms with van der Waals surface area (Å²) in [4.78, 5) is 39.8. The molecule has 4 aliphatic rings. The first-order chi connectivity index (χ1) is 18.4. The molecule has 2 fully saturated rings. The second-order valence-electron chi connectivity index (χ2n) is 10.9. The molecule has 2 aromatic carbocycles. The number of hydrogen-bond donors (Lipinski definition) is 0. The zero-order chi connectivity index (χ0) is 26.4. The zero-order valence-corrected chi connectivity index (χ0v) is 22.4. The van der Waals surface area contributed by atoms with Crippen molar-refractivity contribution in [3.63, 3.8) is 0 Å². The fraction of sp³-hybridized carbons (Fsp3) is 0.375. The number of benzene rings is 2. The Morgan fingerprint density at radius 1 is 0.816 bits per heavy atom. The third kappa shape index (κ3) is 4.32. The van der Waals surface area contributed by atoms with Crippen LogP contribution in [0.1, 0.15) is 70.5 Å². The van der Waals surface area contributed by atoms with Crippen LogP contribution in [0.15, 0.2) is 63.6 Å². The van der Waals surface area contributed by atoms with Crippen molar-refractivity contribution in [2.24, 2.45) is 9.98 Å². The summed E-state index contributed by atoms with van der Waals surface area (Å²) in [6.45, 7) is 7.54. The molecule has 0 bridgehead atoms. The van der Waals surface area contributed by atoms with Gasteiger partial charge in [-0.3, -0.25) is 19.6 Å². The third-order valence-electron chi connectivity index (χ3n) is 8.49. The molecule has 38 heavy (non-hydrogen) atoms. The molecule has 4 aliphatic heterocycles. The number of fused-ring (bicyclic) bond motifs is 4. The number of amides is 2. The topological polar surface area (TPSA) is 65.3 Å². The van der Waals surface area contributed by atoms with Crippen molar-refractivity contribution in [2.45, 2.75) is 65.0 Å². The predicted octanol–water partition coefficient (Wildman–Crippen LogP) is 5.92. The Bertz CT molecular complexity index is 1450. The van der Waals surface area contributed by atoms with Crippen LogP contribution in [0.5, 0.6) is 0 Å². The van der Waals surface area contributed by atoms with Crippen LogP contribution in [-0.4, -0.2) is 59.2 Å². The molecule has 2 amide bonds. The number of allylic oxidation sites excluding steroid dienone is 2. The second-order valence-corrected chi connectivity index (χ2v) is 10.9. The molecule has 0 radical (unpaired) electrons. The summed E-state index contributed by atoms with van der Waals surface area (Å²) in [6.07, 6.45) is 12.6. The average molecular weight is 507 g/mol. The zero-order valence-electron chi connectivity index (χ0n) is 22.4. The van der Waals surface area contributed by atoms with E-state index in [1.165, 1.54) is 22.3 Å². The number of aryl methyl sites for hydroxylation is 3. The summed E-state index contributed by atoms with van der Waals surface area (Å²) >= 11 is 0. The quantitative estimate of drug-likeness (QED) is 0.483. The maximum atomic E-state index is 13.3. The minimum Gasteiger partial charge on any atom is -0.326 e. The Balaban J connectivity index is 1.15. The Labute approximate surface area is 224 Å². The number of nitrogens with zero attached hydrogens (tertiary/aromatic N) is 4. The maximum absolute atomic E-state index is 13.3. The molecular weight excluding hydrogens is 472 g/mol. The smallest absolute Gasteiger partial charge is 0.256 e. The van der Waals surface area contributed by atoms with Crippen LogP contribution < -0.4 is 0 Å². The van der Waals surface area contributed by atoms with Gasteiger partial charge in [0.15, 0.2) is 0 Å². The first-order valence-corrected chi connectivity index (χ1v) is 13.7. The van der Waals surface area contributed by atoms with Crippen LogP contribution in [0.2, 0.25) is 0 Å². The molecule has 6 heteroatoms. The van der Waals surface area contributed by atoms with Crippen molar-refractivity contribution in [1.29, 1.82) is 0 Å². The first-order valence-electron chi connectivity index (χ1n) is 13.7. The Morgan fingerprint density at radius 3 is 2.05 bits per heavy atom. The Morgan fingerprint density at radius 2 is 1.42 bits per heavy atom. The minimum absolute atomic E-state index is 0.0501. The average Bonchev–Trinajstić information content (AvgIpc) is 3.49. The SMILES string of the molecule is C/C=C1\C[C@H]2C=Nc3cc(CCCc4cc5c(cc4C)C(=O)N4C/C(=C/C)C[C@H]4C=N5)ccc3C(=O)N2C1. The molecule has 2 aromatic rings. The van der Waals surface area contributed by atoms with Crippen molar-refractivity contribution in [1.82, 2.24) is 9.80 Å². The molecule has 4 heterocycles. The van der Waals surface area contributed by atoms with E-state index in [9.17, 15) is 9.59 Å². The van der Waals surface area contributed by atoms with Gasteiger partial charge < -0.3 is 9.80 Å². The fourth-order valence-electron chi connectivity index (χ4n) is 6.12. The first kappa shape index (κ1) is 24.5. The number of hydrogen-bond acceptors (Lipinski definition) is 4. The minimum atomic E-state index is 0.0501. The number of rotatable bonds is 4. The Kier molecular flexibility index (Phi) is 6.34. The summed E-state index contributed by atoms with van der Waals surface area (Å²) in [5.41, 5.74) is 9.09. The molecule has 6 rings (SSSR count). The third-order valence-corrected chi connectivity index (χ3v) is 8.49. The molecule has 0 N–H and O–H groups in total. The molecule has 194 valence electrons. The van der Waals surface area contributed by atoms with Gasteiger partial charge in [-0.05, 0) is 93.8 Å². The van der Waals surface area contributed by atoms with Gasteiger partial charge in [-0.25, -0.2) is 0 Å². The molecule has 0 saturated carbocycles. The van der Waals surface area contributed by atoms with Crippen LogP contribution in [0.4, 0.5) is 11.4 Å². The van der Waals surface area contributed by atoms with Crippen molar-refractivity contribution in [2.75, 3.05) is 13.1 Å². The van der Waals surface area contributed by atoms with Gasteiger partial charge >= 0.3 is 0 Å². The molecule has 6 nitrogen and oxygen atoms in total. The highest BCUT2D eigenvalue weighted by atomic mass is 16.2. The van der Waals surface area contributed by atoms with Gasteiger partial charge in [0.25, 0.3) is 11.8 Å². The van der Waals surface area contributed by atoms with Gasteiger partial charge in [0.2, 0.25) is 0 Å². The monoisotopic (exact) mass is 506 g/mol. The van der Waals surface area contributed by atoms with E-state index in [0.29, 0.717) is 24.2 Å². The van der Waals surface area contributed by atoms with Gasteiger partial charge in [-0.15, -0.1) is 0 Å². The van der Waals surface area contributed by atoms with E-state index in [0.717, 1.165) is 49.0 Å². The maximum Gasteiger partial charge on any atom is 0.256 e. The van der Waals surface area contributed by atoms with Gasteiger partial charge in [0.1, 0.15) is 0 Å². The predicted molar refractivity (Wildman–Crippen MR) is 152 cm³/mol. The van der Waals surface area contributed by atoms with E-state index in [2.05, 4.69) is 37.3 Å². The lowest BCUT2D eigenvalue weighted by atomic mass is 9.96. The summed E-state index contributed by atoms with van der Waals surface area (Å²) in [7, 11) is 0. The second kappa shape index (κ2) is 9.82. The number of carbonyl (C=O) groups excluding carboxylic acids is 2. The van der Waals surface area contributed by atoms with Crippen LogP contribution in [0.25, 0.3) is 0 Å². The number of aliphatic imine (C=N–C) groups is 2. The van der Waals surface area contributed by atoms with Crippen molar-refractivity contribution < 1.29 is 9.59 Å². The Hall–Kier alpha value is -3.80. The summed E-state index contributed by atoms with van der Waals surface area (Å²) in [5, 5.41) is 0. The standard InChI is InChI=1S/C32H34N4O2/c1-4-21-12-25-16-33-29-14-23(9-10-27(29)31(37)35(25)18-21)7-6-8-24-15-30-28(11-20(24)3)32(38)36-19-22(5-2)13-26(36)17-34-30/h4-5,9-11,14-17,25-26H,6-8,12-13,18-19H2,1-3H3/b21-4+,22-5+/t25-,26-/m0/s1. The molecule has 0 spiro atoms. The highest BCUT2D eigenvalue weighted by molar-refractivity contribution is 6.04. The van der Waals surface area contributed by atoms with Crippen LogP contribution in [-0.2, 0) is 12.8 Å². The van der Waals surface area contributed by atoms with E-state index >= 15 is 0 Å². The lowest BCUT2D eigenvalue weighted by Crippen LogP contribution is -2.35. The van der Waals surface area contributed by atoms with E-state index in [1.54, 1.807) is 0 Å². The van der Waals surface area contributed by atoms with E-state index in [4.69, 9.17) is 9.98 Å². The summed E-state index contributed by atoms with van der Waals surface area (Å²) in [6, 6.07) is 10.3. The highest BCUT2D eigenvalue weighted by Gasteiger charge is 2.35. The number of carbonyl (C=O) groups is 2. The van der Waals surface area contributed by atoms with Gasteiger partial charge in [-0.1, -0.05) is 29.4 Å². The van der Waals surface area contributed by atoms with Gasteiger partial charge in [-0.2, -0.15) is 0 Å². The van der Waals surface area contributed by atoms with E-state index in [1.807, 2.05) is 48.2 Å². The lowest BCUT2D eigenvalue weighted by Gasteiger charge is -2.20. The molecule has 2 saturated heterocycles. The highest BCUT2D eigenvalue weighted by Crippen LogP contribution is 2.34. The van der Waals surface area contributed by atoms with Crippen LogP contribution in [0, 0.1) is 6.92 Å². The molecular formula is C32H34N4O2. The van der Waals surface area contributed by atoms with Crippen molar-refractivity contribution in [3.05, 3.63) is 81.4 Å². The van der Waals surface area contributed by atoms with Crippen LogP contribution in [0.3, 0.4) is 0 Å². The molecule has 0 aliphatic carbocycles. The molecule has 2 atom stereocenters. The largest absolute Gasteiger partial charge is 0.326 e. The molecule has 0 aromatic heterocycles. The van der Waals surface area contributed by atoms with Gasteiger partial charge in [0, 0.05) is 25.5 Å². The van der Waals surface area contributed by atoms with Crippen LogP contribution >= 0.6 is 0 Å². The summed E-state index contributed by atoms with van der Waals surface area (Å²) < 4.78 is 0. The normalized spacial score (nSPS) is 24.0. The van der Waals surface area contributed by atoms with Crippen molar-refractivity contribution >= 4 is 35.6 Å². The molecule has 0 unspecified atom stereocenters. The lowest BCUT2D eigenvalue weighted by molar-refractivity contribution is 0.0770. The summed E-state index contributed by atoms with van der Waals surface area (Å²) in [5.74, 6) is 0.153. The van der Waals surface area contributed by atoms with E-state index in [-0.39, 0.29) is 23.9 Å². The van der Waals surface area contributed by atoms with Gasteiger partial charge in [0.05, 0.1) is 34.6 Å². The van der Waals surface area contributed by atoms with E-state index < -0.39 is 0 Å². The fourth-order valence-corrected chi connectivity index (χ4v) is 6.12. The van der Waals surface area contributed by atoms with Crippen molar-refractivity contribution in [3.8, 4) is 0 Å².